The van der Waals surface area contributed by atoms with E-state index in [0.29, 0.717) is 12.4 Å². The number of aromatic nitrogens is 3. The Balaban J connectivity index is 1.36. The Morgan fingerprint density at radius 1 is 0.839 bits per heavy atom. The van der Waals surface area contributed by atoms with Crippen LogP contribution in [0, 0.1) is 0 Å². The van der Waals surface area contributed by atoms with Crippen LogP contribution < -0.4 is 4.90 Å². The zero-order valence-electron chi connectivity index (χ0n) is 17.3. The summed E-state index contributed by atoms with van der Waals surface area (Å²) in [6.45, 7) is 4.11. The van der Waals surface area contributed by atoms with Gasteiger partial charge in [-0.25, -0.2) is 9.97 Å². The number of β-amino-alcohol motifs (C(OH)–C–C–N with tert-alkyl or cyclic N) is 1. The van der Waals surface area contributed by atoms with E-state index in [1.807, 2.05) is 60.7 Å². The van der Waals surface area contributed by atoms with Gasteiger partial charge in [0.15, 0.2) is 5.82 Å². The third-order valence-electron chi connectivity index (χ3n) is 5.79. The van der Waals surface area contributed by atoms with E-state index in [0.717, 1.165) is 54.0 Å². The normalized spacial score (nSPS) is 15.8. The Bertz CT molecular complexity index is 1140. The number of nitrogens with zero attached hydrogens (tertiary/aromatic N) is 5. The monoisotopic (exact) mass is 411 g/mol. The summed E-state index contributed by atoms with van der Waals surface area (Å²) >= 11 is 0. The third kappa shape index (κ3) is 4.26. The molecule has 1 aliphatic rings. The van der Waals surface area contributed by atoms with Crippen molar-refractivity contribution in [3.05, 3.63) is 84.7 Å². The second-order valence-electron chi connectivity index (χ2n) is 7.84. The first-order valence-corrected chi connectivity index (χ1v) is 10.7. The molecule has 5 rings (SSSR count). The van der Waals surface area contributed by atoms with Gasteiger partial charge in [0.05, 0.1) is 11.6 Å². The van der Waals surface area contributed by atoms with Crippen molar-refractivity contribution in [1.29, 1.82) is 0 Å². The van der Waals surface area contributed by atoms with Gasteiger partial charge in [0.1, 0.15) is 5.82 Å². The molecule has 1 N–H and O–H groups in total. The fraction of sp³-hybridized carbons (Fsp3) is 0.240. The molecule has 1 unspecified atom stereocenters. The predicted molar refractivity (Wildman–Crippen MR) is 123 cm³/mol. The molecule has 0 aliphatic carbocycles. The summed E-state index contributed by atoms with van der Waals surface area (Å²) in [5.41, 5.74) is 2.82. The lowest BCUT2D eigenvalue weighted by Gasteiger charge is -2.36. The van der Waals surface area contributed by atoms with Crippen LogP contribution in [0.1, 0.15) is 11.7 Å². The third-order valence-corrected chi connectivity index (χ3v) is 5.79. The van der Waals surface area contributed by atoms with Gasteiger partial charge in [-0.1, -0.05) is 42.5 Å². The SMILES string of the molecule is OC(CN1CCN(c2nc(-c3cccnc3)nc3ccccc23)CC1)c1ccccc1. The van der Waals surface area contributed by atoms with Gasteiger partial charge < -0.3 is 10.0 Å². The highest BCUT2D eigenvalue weighted by atomic mass is 16.3. The Morgan fingerprint density at radius 3 is 2.39 bits per heavy atom. The number of piperazine rings is 1. The van der Waals surface area contributed by atoms with Gasteiger partial charge in [0.2, 0.25) is 0 Å². The fourth-order valence-corrected chi connectivity index (χ4v) is 4.09. The number of hydrogen-bond donors (Lipinski definition) is 1. The number of para-hydroxylation sites is 1. The van der Waals surface area contributed by atoms with Crippen LogP contribution in [-0.2, 0) is 0 Å². The molecular formula is C25H25N5O. The Hall–Kier alpha value is -3.35. The minimum absolute atomic E-state index is 0.468. The average Bonchev–Trinajstić information content (AvgIpc) is 2.85. The highest BCUT2D eigenvalue weighted by Crippen LogP contribution is 2.28. The summed E-state index contributed by atoms with van der Waals surface area (Å²) in [7, 11) is 0. The topological polar surface area (TPSA) is 65.4 Å². The standard InChI is InChI=1S/C25H25N5O/c31-23(19-7-2-1-3-8-19)18-29-13-15-30(16-14-29)25-21-10-4-5-11-22(21)27-24(28-25)20-9-6-12-26-17-20/h1-12,17,23,31H,13-16,18H2. The van der Waals surface area contributed by atoms with Crippen molar-refractivity contribution >= 4 is 16.7 Å². The van der Waals surface area contributed by atoms with E-state index in [4.69, 9.17) is 9.97 Å². The first-order valence-electron chi connectivity index (χ1n) is 10.7. The summed E-state index contributed by atoms with van der Waals surface area (Å²) in [5, 5.41) is 11.6. The first kappa shape index (κ1) is 19.6. The summed E-state index contributed by atoms with van der Waals surface area (Å²) in [6.07, 6.45) is 3.09. The molecule has 156 valence electrons. The average molecular weight is 412 g/mol. The van der Waals surface area contributed by atoms with Crippen molar-refractivity contribution in [2.75, 3.05) is 37.6 Å². The molecule has 1 saturated heterocycles. The Labute approximate surface area is 181 Å². The lowest BCUT2D eigenvalue weighted by Crippen LogP contribution is -2.48. The molecule has 0 amide bonds. The summed E-state index contributed by atoms with van der Waals surface area (Å²) < 4.78 is 0. The molecule has 6 heteroatoms. The number of benzene rings is 2. The summed E-state index contributed by atoms with van der Waals surface area (Å²) in [4.78, 5) is 18.6. The van der Waals surface area contributed by atoms with Crippen molar-refractivity contribution in [3.8, 4) is 11.4 Å². The molecule has 0 saturated carbocycles. The molecule has 3 heterocycles. The van der Waals surface area contributed by atoms with Gasteiger partial charge in [-0.05, 0) is 29.8 Å². The van der Waals surface area contributed by atoms with Crippen LogP contribution in [0.15, 0.2) is 79.1 Å². The number of anilines is 1. The maximum Gasteiger partial charge on any atom is 0.163 e. The minimum atomic E-state index is -0.468. The predicted octanol–water partition coefficient (Wildman–Crippen LogP) is 3.55. The molecule has 0 spiro atoms. The number of hydrogen-bond acceptors (Lipinski definition) is 6. The van der Waals surface area contributed by atoms with E-state index in [1.54, 1.807) is 12.4 Å². The maximum atomic E-state index is 10.6. The Kier molecular flexibility index (Phi) is 5.56. The molecule has 2 aromatic carbocycles. The van der Waals surface area contributed by atoms with Gasteiger partial charge in [-0.15, -0.1) is 0 Å². The van der Waals surface area contributed by atoms with Crippen LogP contribution in [-0.4, -0.2) is 57.7 Å². The minimum Gasteiger partial charge on any atom is -0.387 e. The van der Waals surface area contributed by atoms with Crippen molar-refractivity contribution in [2.45, 2.75) is 6.10 Å². The van der Waals surface area contributed by atoms with Gasteiger partial charge >= 0.3 is 0 Å². The fourth-order valence-electron chi connectivity index (χ4n) is 4.09. The smallest absolute Gasteiger partial charge is 0.163 e. The molecule has 31 heavy (non-hydrogen) atoms. The summed E-state index contributed by atoms with van der Waals surface area (Å²) in [6, 6.07) is 21.9. The van der Waals surface area contributed by atoms with E-state index < -0.39 is 6.10 Å². The van der Waals surface area contributed by atoms with Crippen LogP contribution >= 0.6 is 0 Å². The molecule has 1 atom stereocenters. The Morgan fingerprint density at radius 2 is 1.61 bits per heavy atom. The molecule has 1 fully saturated rings. The zero-order valence-corrected chi connectivity index (χ0v) is 17.3. The van der Waals surface area contributed by atoms with Crippen LogP contribution in [0.25, 0.3) is 22.3 Å². The van der Waals surface area contributed by atoms with E-state index >= 15 is 0 Å². The van der Waals surface area contributed by atoms with Crippen LogP contribution in [0.3, 0.4) is 0 Å². The molecular weight excluding hydrogens is 386 g/mol. The highest BCUT2D eigenvalue weighted by Gasteiger charge is 2.23. The molecule has 2 aromatic heterocycles. The van der Waals surface area contributed by atoms with E-state index in [-0.39, 0.29) is 0 Å². The molecule has 1 aliphatic heterocycles. The molecule has 6 nitrogen and oxygen atoms in total. The van der Waals surface area contributed by atoms with E-state index in [1.165, 1.54) is 0 Å². The highest BCUT2D eigenvalue weighted by molar-refractivity contribution is 5.91. The van der Waals surface area contributed by atoms with Crippen molar-refractivity contribution in [3.63, 3.8) is 0 Å². The van der Waals surface area contributed by atoms with Crippen molar-refractivity contribution < 1.29 is 5.11 Å². The molecule has 0 radical (unpaired) electrons. The number of aliphatic hydroxyl groups excluding tert-OH is 1. The van der Waals surface area contributed by atoms with Crippen LogP contribution in [0.4, 0.5) is 5.82 Å². The van der Waals surface area contributed by atoms with Gasteiger partial charge in [0, 0.05) is 56.1 Å². The number of aliphatic hydroxyl groups is 1. The van der Waals surface area contributed by atoms with Crippen molar-refractivity contribution in [2.24, 2.45) is 0 Å². The maximum absolute atomic E-state index is 10.6. The second kappa shape index (κ2) is 8.79. The first-order chi connectivity index (χ1) is 15.3. The molecule has 4 aromatic rings. The number of fused-ring (bicyclic) bond motifs is 1. The number of pyridine rings is 1. The zero-order chi connectivity index (χ0) is 21.0. The van der Waals surface area contributed by atoms with Gasteiger partial charge in [-0.2, -0.15) is 0 Å². The lowest BCUT2D eigenvalue weighted by atomic mass is 10.1. The van der Waals surface area contributed by atoms with Gasteiger partial charge in [-0.3, -0.25) is 9.88 Å². The van der Waals surface area contributed by atoms with E-state index in [2.05, 4.69) is 20.9 Å². The molecule has 0 bridgehead atoms. The van der Waals surface area contributed by atoms with Crippen LogP contribution in [0.2, 0.25) is 0 Å². The van der Waals surface area contributed by atoms with E-state index in [9.17, 15) is 5.11 Å². The van der Waals surface area contributed by atoms with Crippen LogP contribution in [0.5, 0.6) is 0 Å². The number of rotatable bonds is 5. The van der Waals surface area contributed by atoms with Crippen molar-refractivity contribution in [1.82, 2.24) is 19.9 Å². The summed E-state index contributed by atoms with van der Waals surface area (Å²) in [5.74, 6) is 1.66. The second-order valence-corrected chi connectivity index (χ2v) is 7.84. The van der Waals surface area contributed by atoms with Gasteiger partial charge in [0.25, 0.3) is 0 Å². The largest absolute Gasteiger partial charge is 0.387 e. The quantitative estimate of drug-likeness (QED) is 0.542. The lowest BCUT2D eigenvalue weighted by molar-refractivity contribution is 0.109.